The maximum Gasteiger partial charge on any atom is 0.0954 e. The van der Waals surface area contributed by atoms with Crippen molar-refractivity contribution in [2.24, 2.45) is 10.9 Å². The molecule has 1 aromatic carbocycles. The Morgan fingerprint density at radius 3 is 2.86 bits per heavy atom. The van der Waals surface area contributed by atoms with E-state index in [0.29, 0.717) is 6.04 Å². The quantitative estimate of drug-likeness (QED) is 0.853. The Labute approximate surface area is 137 Å². The number of rotatable bonds is 4. The van der Waals surface area contributed by atoms with Gasteiger partial charge in [0.1, 0.15) is 0 Å². The maximum absolute atomic E-state index is 4.84. The van der Waals surface area contributed by atoms with Crippen molar-refractivity contribution in [3.05, 3.63) is 28.8 Å². The van der Waals surface area contributed by atoms with Gasteiger partial charge >= 0.3 is 0 Å². The molecule has 0 amide bonds. The van der Waals surface area contributed by atoms with E-state index in [-0.39, 0.29) is 0 Å². The summed E-state index contributed by atoms with van der Waals surface area (Å²) in [6.45, 7) is 5.49. The number of benzene rings is 1. The molecule has 0 saturated heterocycles. The lowest BCUT2D eigenvalue weighted by molar-refractivity contribution is 0.312. The van der Waals surface area contributed by atoms with Crippen LogP contribution in [0, 0.1) is 5.92 Å². The first-order chi connectivity index (χ1) is 10.5. The van der Waals surface area contributed by atoms with Gasteiger partial charge in [0, 0.05) is 24.7 Å². The van der Waals surface area contributed by atoms with E-state index in [1.807, 2.05) is 11.3 Å². The molecule has 1 aromatic heterocycles. The average Bonchev–Trinajstić information content (AvgIpc) is 2.89. The summed E-state index contributed by atoms with van der Waals surface area (Å²) in [7, 11) is 4.25. The molecule has 1 aliphatic heterocycles. The zero-order valence-corrected chi connectivity index (χ0v) is 14.8. The van der Waals surface area contributed by atoms with E-state index in [0.717, 1.165) is 30.8 Å². The summed E-state index contributed by atoms with van der Waals surface area (Å²) in [5.74, 6) is 0.728. The van der Waals surface area contributed by atoms with Gasteiger partial charge in [-0.3, -0.25) is 4.99 Å². The number of aliphatic imine (C=N–C) groups is 1. The molecule has 22 heavy (non-hydrogen) atoms. The Balaban J connectivity index is 1.84. The highest BCUT2D eigenvalue weighted by Gasteiger charge is 2.15. The van der Waals surface area contributed by atoms with Gasteiger partial charge in [-0.25, -0.2) is 4.98 Å². The third kappa shape index (κ3) is 3.39. The lowest BCUT2D eigenvalue weighted by atomic mass is 9.96. The molecule has 0 saturated carbocycles. The van der Waals surface area contributed by atoms with Crippen LogP contribution in [-0.2, 0) is 6.42 Å². The van der Waals surface area contributed by atoms with E-state index in [4.69, 9.17) is 9.98 Å². The molecule has 0 aliphatic carbocycles. The Kier molecular flexibility index (Phi) is 4.59. The molecule has 2 atom stereocenters. The molecule has 3 rings (SSSR count). The highest BCUT2D eigenvalue weighted by molar-refractivity contribution is 7.18. The summed E-state index contributed by atoms with van der Waals surface area (Å²) < 4.78 is 1.29. The zero-order chi connectivity index (χ0) is 15.7. The predicted octanol–water partition coefficient (Wildman–Crippen LogP) is 4.01. The van der Waals surface area contributed by atoms with Crippen LogP contribution in [-0.4, -0.2) is 42.3 Å². The van der Waals surface area contributed by atoms with Gasteiger partial charge in [0.15, 0.2) is 0 Å². The standard InChI is InChI=1S/C18H25N3S/c1-12-5-7-15(19-11-12)14-6-8-17-16(10-14)20-18(22-17)9-13(2)21(3)4/h6,8,10,12-13H,5,7,9,11H2,1-4H3/t12-,13+/m0/s1. The van der Waals surface area contributed by atoms with Gasteiger partial charge in [-0.1, -0.05) is 13.0 Å². The van der Waals surface area contributed by atoms with E-state index in [2.05, 4.69) is 51.0 Å². The lowest BCUT2D eigenvalue weighted by Gasteiger charge is -2.17. The first kappa shape index (κ1) is 15.6. The molecule has 3 nitrogen and oxygen atoms in total. The van der Waals surface area contributed by atoms with Crippen molar-refractivity contribution in [3.63, 3.8) is 0 Å². The van der Waals surface area contributed by atoms with Crippen molar-refractivity contribution < 1.29 is 0 Å². The van der Waals surface area contributed by atoms with Crippen molar-refractivity contribution in [1.29, 1.82) is 0 Å². The highest BCUT2D eigenvalue weighted by atomic mass is 32.1. The Morgan fingerprint density at radius 2 is 2.18 bits per heavy atom. The zero-order valence-electron chi connectivity index (χ0n) is 14.0. The van der Waals surface area contributed by atoms with Crippen LogP contribution in [0.1, 0.15) is 37.3 Å². The Hall–Kier alpha value is -1.26. The smallest absolute Gasteiger partial charge is 0.0954 e. The molecule has 4 heteroatoms. The van der Waals surface area contributed by atoms with Gasteiger partial charge in [0.2, 0.25) is 0 Å². The largest absolute Gasteiger partial charge is 0.306 e. The molecule has 0 spiro atoms. The van der Waals surface area contributed by atoms with Gasteiger partial charge < -0.3 is 4.90 Å². The number of fused-ring (bicyclic) bond motifs is 1. The van der Waals surface area contributed by atoms with Crippen LogP contribution in [0.3, 0.4) is 0 Å². The third-order valence-electron chi connectivity index (χ3n) is 4.58. The van der Waals surface area contributed by atoms with E-state index < -0.39 is 0 Å². The molecule has 0 radical (unpaired) electrons. The van der Waals surface area contributed by atoms with Crippen LogP contribution in [0.5, 0.6) is 0 Å². The molecule has 0 N–H and O–H groups in total. The van der Waals surface area contributed by atoms with Gasteiger partial charge in [0.05, 0.1) is 15.2 Å². The summed E-state index contributed by atoms with van der Waals surface area (Å²) in [6.07, 6.45) is 3.36. The number of likely N-dealkylation sites (N-methyl/N-ethyl adjacent to an activating group) is 1. The normalized spacial score (nSPS) is 20.4. The van der Waals surface area contributed by atoms with Gasteiger partial charge in [-0.2, -0.15) is 0 Å². The Bertz CT molecular complexity index is 687. The lowest BCUT2D eigenvalue weighted by Crippen LogP contribution is -2.26. The van der Waals surface area contributed by atoms with Crippen molar-refractivity contribution in [2.75, 3.05) is 20.6 Å². The summed E-state index contributed by atoms with van der Waals surface area (Å²) in [4.78, 5) is 11.8. The second-order valence-electron chi connectivity index (χ2n) is 6.74. The molecule has 0 unspecified atom stereocenters. The average molecular weight is 315 g/mol. The van der Waals surface area contributed by atoms with Crippen molar-refractivity contribution >= 4 is 27.3 Å². The molecule has 2 heterocycles. The van der Waals surface area contributed by atoms with E-state index >= 15 is 0 Å². The van der Waals surface area contributed by atoms with Crippen LogP contribution in [0.4, 0.5) is 0 Å². The molecular weight excluding hydrogens is 290 g/mol. The monoisotopic (exact) mass is 315 g/mol. The molecule has 1 aliphatic rings. The SMILES string of the molecule is C[C@H]1CCC(c2ccc3sc(C[C@@H](C)N(C)C)nc3c2)=NC1. The van der Waals surface area contributed by atoms with Crippen LogP contribution >= 0.6 is 11.3 Å². The molecule has 0 bridgehead atoms. The molecule has 2 aromatic rings. The number of aromatic nitrogens is 1. The van der Waals surface area contributed by atoms with Crippen molar-refractivity contribution in [2.45, 2.75) is 39.2 Å². The van der Waals surface area contributed by atoms with Gasteiger partial charge in [-0.15, -0.1) is 11.3 Å². The maximum atomic E-state index is 4.84. The first-order valence-electron chi connectivity index (χ1n) is 8.12. The minimum absolute atomic E-state index is 0.518. The first-order valence-corrected chi connectivity index (χ1v) is 8.94. The summed E-state index contributed by atoms with van der Waals surface area (Å²) >= 11 is 1.82. The van der Waals surface area contributed by atoms with Gasteiger partial charge in [-0.05, 0) is 57.5 Å². The topological polar surface area (TPSA) is 28.5 Å². The molecule has 118 valence electrons. The minimum Gasteiger partial charge on any atom is -0.306 e. The summed E-state index contributed by atoms with van der Waals surface area (Å²) in [5, 5.41) is 1.23. The third-order valence-corrected chi connectivity index (χ3v) is 5.64. The Morgan fingerprint density at radius 1 is 1.36 bits per heavy atom. The van der Waals surface area contributed by atoms with Gasteiger partial charge in [0.25, 0.3) is 0 Å². The second kappa shape index (κ2) is 6.47. The van der Waals surface area contributed by atoms with Crippen LogP contribution < -0.4 is 0 Å². The second-order valence-corrected chi connectivity index (χ2v) is 7.85. The molecule has 0 fully saturated rings. The van der Waals surface area contributed by atoms with Crippen molar-refractivity contribution in [3.8, 4) is 0 Å². The highest BCUT2D eigenvalue weighted by Crippen LogP contribution is 2.26. The molecular formula is C18H25N3S. The van der Waals surface area contributed by atoms with E-state index in [1.165, 1.54) is 27.4 Å². The fourth-order valence-electron chi connectivity index (χ4n) is 2.73. The fourth-order valence-corrected chi connectivity index (χ4v) is 3.80. The summed E-state index contributed by atoms with van der Waals surface area (Å²) in [6, 6.07) is 7.18. The number of hydrogen-bond acceptors (Lipinski definition) is 4. The minimum atomic E-state index is 0.518. The number of nitrogens with zero attached hydrogens (tertiary/aromatic N) is 3. The van der Waals surface area contributed by atoms with Crippen molar-refractivity contribution in [1.82, 2.24) is 9.88 Å². The van der Waals surface area contributed by atoms with E-state index in [9.17, 15) is 0 Å². The van der Waals surface area contributed by atoms with Crippen LogP contribution in [0.2, 0.25) is 0 Å². The number of hydrogen-bond donors (Lipinski definition) is 0. The van der Waals surface area contributed by atoms with Crippen LogP contribution in [0.25, 0.3) is 10.2 Å². The van der Waals surface area contributed by atoms with E-state index in [1.54, 1.807) is 0 Å². The number of thiazole rings is 1. The predicted molar refractivity (Wildman–Crippen MR) is 96.3 cm³/mol. The fraction of sp³-hybridized carbons (Fsp3) is 0.556. The van der Waals surface area contributed by atoms with Crippen LogP contribution in [0.15, 0.2) is 23.2 Å². The summed E-state index contributed by atoms with van der Waals surface area (Å²) in [5.41, 5.74) is 3.65.